The van der Waals surface area contributed by atoms with Gasteiger partial charge in [-0.2, -0.15) is 5.10 Å². The lowest BCUT2D eigenvalue weighted by atomic mass is 9.95. The maximum atomic E-state index is 13.2. The molecule has 1 aliphatic rings. The van der Waals surface area contributed by atoms with E-state index in [4.69, 9.17) is 4.74 Å². The van der Waals surface area contributed by atoms with Gasteiger partial charge in [-0.1, -0.05) is 37.6 Å². The minimum Gasteiger partial charge on any atom is -0.507 e. The predicted molar refractivity (Wildman–Crippen MR) is 117 cm³/mol. The summed E-state index contributed by atoms with van der Waals surface area (Å²) < 4.78 is 5.89. The van der Waals surface area contributed by atoms with E-state index in [1.807, 2.05) is 30.3 Å². The molecule has 3 N–H and O–H groups in total. The molecular formula is C24H27N3O4. The molecule has 0 unspecified atom stereocenters. The molecule has 2 heterocycles. The summed E-state index contributed by atoms with van der Waals surface area (Å²) in [6, 6.07) is 14.3. The Kier molecular flexibility index (Phi) is 6.23. The molecule has 1 amide bonds. The zero-order chi connectivity index (χ0) is 21.8. The van der Waals surface area contributed by atoms with E-state index >= 15 is 0 Å². The van der Waals surface area contributed by atoms with Crippen LogP contribution in [-0.2, 0) is 0 Å². The first kappa shape index (κ1) is 20.9. The van der Waals surface area contributed by atoms with E-state index in [1.54, 1.807) is 23.1 Å². The molecule has 7 heteroatoms. The average molecular weight is 421 g/mol. The number of aliphatic hydroxyl groups is 1. The topological polar surface area (TPSA) is 98.7 Å². The van der Waals surface area contributed by atoms with Crippen LogP contribution >= 0.6 is 0 Å². The summed E-state index contributed by atoms with van der Waals surface area (Å²) >= 11 is 0. The normalized spacial score (nSPS) is 15.4. The molecule has 0 radical (unpaired) electrons. The third-order valence-corrected chi connectivity index (χ3v) is 5.52. The molecular weight excluding hydrogens is 394 g/mol. The van der Waals surface area contributed by atoms with Crippen molar-refractivity contribution < 1.29 is 19.7 Å². The molecule has 0 fully saturated rings. The summed E-state index contributed by atoms with van der Waals surface area (Å²) in [5.74, 6) is 0.690. The number of fused-ring (bicyclic) bond motifs is 1. The number of aromatic nitrogens is 2. The Labute approximate surface area is 181 Å². The van der Waals surface area contributed by atoms with Crippen molar-refractivity contribution in [2.45, 2.75) is 32.2 Å². The van der Waals surface area contributed by atoms with Gasteiger partial charge in [0.15, 0.2) is 0 Å². The molecule has 162 valence electrons. The number of unbranched alkanes of at least 4 members (excludes halogenated alkanes) is 1. The molecule has 31 heavy (non-hydrogen) atoms. The number of phenolic OH excluding ortho intramolecular Hbond substituents is 1. The van der Waals surface area contributed by atoms with E-state index in [2.05, 4.69) is 17.1 Å². The monoisotopic (exact) mass is 421 g/mol. The lowest BCUT2D eigenvalue weighted by molar-refractivity contribution is 0.0732. The van der Waals surface area contributed by atoms with Gasteiger partial charge in [0.25, 0.3) is 5.91 Å². The third kappa shape index (κ3) is 4.01. The quantitative estimate of drug-likeness (QED) is 0.455. The van der Waals surface area contributed by atoms with Crippen molar-refractivity contribution in [2.75, 3.05) is 19.8 Å². The number of hydrogen-bond donors (Lipinski definition) is 3. The minimum absolute atomic E-state index is 0.00478. The minimum atomic E-state index is -0.392. The summed E-state index contributed by atoms with van der Waals surface area (Å²) in [6.07, 6.45) is 2.49. The number of amides is 1. The molecule has 2 aromatic carbocycles. The van der Waals surface area contributed by atoms with Crippen molar-refractivity contribution in [1.29, 1.82) is 0 Å². The second kappa shape index (κ2) is 9.22. The fourth-order valence-electron chi connectivity index (χ4n) is 4.00. The van der Waals surface area contributed by atoms with Crippen LogP contribution in [-0.4, -0.2) is 51.0 Å². The number of aromatic hydroxyl groups is 1. The Balaban J connectivity index is 1.79. The number of ether oxygens (including phenoxy) is 1. The number of carbonyl (C=O) groups is 1. The van der Waals surface area contributed by atoms with Gasteiger partial charge in [-0.3, -0.25) is 9.89 Å². The second-order valence-corrected chi connectivity index (χ2v) is 7.63. The largest absolute Gasteiger partial charge is 0.507 e. The number of carbonyl (C=O) groups excluding carboxylic acids is 1. The molecule has 0 saturated heterocycles. The number of H-pyrrole nitrogens is 1. The molecule has 0 aliphatic carbocycles. The second-order valence-electron chi connectivity index (χ2n) is 7.63. The zero-order valence-corrected chi connectivity index (χ0v) is 17.5. The first-order valence-corrected chi connectivity index (χ1v) is 10.7. The number of aromatic amines is 1. The molecule has 0 spiro atoms. The standard InChI is InChI=1S/C24H27N3O4/c1-2-3-14-31-17-9-6-8-16(15-17)23-20-21(18-10-4-5-11-19(18)29)25-26-22(20)24(30)27(23)12-7-13-28/h4-6,8-11,15,23,28-29H,2-3,7,12-14H2,1H3,(H,25,26)/t23-/m0/s1. The first-order valence-electron chi connectivity index (χ1n) is 10.7. The van der Waals surface area contributed by atoms with Crippen molar-refractivity contribution in [3.63, 3.8) is 0 Å². The van der Waals surface area contributed by atoms with Crippen LogP contribution in [0.2, 0.25) is 0 Å². The smallest absolute Gasteiger partial charge is 0.273 e. The fourth-order valence-corrected chi connectivity index (χ4v) is 4.00. The van der Waals surface area contributed by atoms with Gasteiger partial charge in [0.2, 0.25) is 0 Å². The lowest BCUT2D eigenvalue weighted by Crippen LogP contribution is -2.31. The third-order valence-electron chi connectivity index (χ3n) is 5.52. The SMILES string of the molecule is CCCCOc1cccc([C@H]2c3c(-c4ccccc4O)n[nH]c3C(=O)N2CCCO)c1. The van der Waals surface area contributed by atoms with Crippen LogP contribution in [0.1, 0.15) is 53.8 Å². The number of benzene rings is 2. The Morgan fingerprint density at radius 2 is 2.00 bits per heavy atom. The predicted octanol–water partition coefficient (Wildman–Crippen LogP) is 3.89. The summed E-state index contributed by atoms with van der Waals surface area (Å²) in [5, 5.41) is 27.0. The number of nitrogens with one attached hydrogen (secondary N) is 1. The van der Waals surface area contributed by atoms with Crippen LogP contribution < -0.4 is 4.74 Å². The van der Waals surface area contributed by atoms with Gasteiger partial charge >= 0.3 is 0 Å². The Bertz CT molecular complexity index is 1060. The van der Waals surface area contributed by atoms with E-state index in [9.17, 15) is 15.0 Å². The number of aliphatic hydroxyl groups excluding tert-OH is 1. The summed E-state index contributed by atoms with van der Waals surface area (Å²) in [6.45, 7) is 3.15. The molecule has 0 saturated carbocycles. The van der Waals surface area contributed by atoms with E-state index in [0.717, 1.165) is 29.7 Å². The van der Waals surface area contributed by atoms with Crippen LogP contribution in [0, 0.1) is 0 Å². The number of nitrogens with zero attached hydrogens (tertiary/aromatic N) is 2. The van der Waals surface area contributed by atoms with Gasteiger partial charge in [-0.15, -0.1) is 0 Å². The van der Waals surface area contributed by atoms with Crippen LogP contribution in [0.25, 0.3) is 11.3 Å². The molecule has 1 atom stereocenters. The van der Waals surface area contributed by atoms with Crippen molar-refractivity contribution in [2.24, 2.45) is 0 Å². The highest BCUT2D eigenvalue weighted by atomic mass is 16.5. The molecule has 0 bridgehead atoms. The number of phenols is 1. The van der Waals surface area contributed by atoms with Crippen molar-refractivity contribution >= 4 is 5.91 Å². The number of rotatable bonds is 9. The van der Waals surface area contributed by atoms with E-state index in [0.29, 0.717) is 36.5 Å². The summed E-state index contributed by atoms with van der Waals surface area (Å²) in [5.41, 5.74) is 3.16. The van der Waals surface area contributed by atoms with E-state index in [-0.39, 0.29) is 18.3 Å². The van der Waals surface area contributed by atoms with Crippen LogP contribution in [0.4, 0.5) is 0 Å². The van der Waals surface area contributed by atoms with Gasteiger partial charge in [0.05, 0.1) is 12.6 Å². The highest BCUT2D eigenvalue weighted by molar-refractivity contribution is 6.00. The highest BCUT2D eigenvalue weighted by Gasteiger charge is 2.42. The Morgan fingerprint density at radius 3 is 2.77 bits per heavy atom. The van der Waals surface area contributed by atoms with Gasteiger partial charge in [0.1, 0.15) is 22.9 Å². The average Bonchev–Trinajstić information content (AvgIpc) is 3.32. The van der Waals surface area contributed by atoms with Crippen molar-refractivity contribution in [3.05, 3.63) is 65.4 Å². The van der Waals surface area contributed by atoms with Crippen LogP contribution in [0.5, 0.6) is 11.5 Å². The van der Waals surface area contributed by atoms with Crippen molar-refractivity contribution in [3.8, 4) is 22.8 Å². The Hall–Kier alpha value is -3.32. The molecule has 3 aromatic rings. The van der Waals surface area contributed by atoms with E-state index < -0.39 is 6.04 Å². The summed E-state index contributed by atoms with van der Waals surface area (Å²) in [7, 11) is 0. The maximum absolute atomic E-state index is 13.2. The van der Waals surface area contributed by atoms with Crippen LogP contribution in [0.3, 0.4) is 0 Å². The Morgan fingerprint density at radius 1 is 1.16 bits per heavy atom. The van der Waals surface area contributed by atoms with Crippen LogP contribution in [0.15, 0.2) is 48.5 Å². The molecule has 7 nitrogen and oxygen atoms in total. The first-order chi connectivity index (χ1) is 15.2. The fraction of sp³-hybridized carbons (Fsp3) is 0.333. The lowest BCUT2D eigenvalue weighted by Gasteiger charge is -2.26. The maximum Gasteiger partial charge on any atom is 0.273 e. The number of hydrogen-bond acceptors (Lipinski definition) is 5. The van der Waals surface area contributed by atoms with E-state index in [1.165, 1.54) is 0 Å². The molecule has 1 aliphatic heterocycles. The molecule has 4 rings (SSSR count). The van der Waals surface area contributed by atoms with Gasteiger partial charge in [0, 0.05) is 24.3 Å². The summed E-state index contributed by atoms with van der Waals surface area (Å²) in [4.78, 5) is 14.9. The van der Waals surface area contributed by atoms with Gasteiger partial charge in [-0.05, 0) is 42.7 Å². The molecule has 1 aromatic heterocycles. The van der Waals surface area contributed by atoms with Gasteiger partial charge < -0.3 is 19.8 Å². The zero-order valence-electron chi connectivity index (χ0n) is 17.5. The number of para-hydroxylation sites is 1. The van der Waals surface area contributed by atoms with Gasteiger partial charge in [-0.25, -0.2) is 0 Å². The highest BCUT2D eigenvalue weighted by Crippen LogP contribution is 2.44. The van der Waals surface area contributed by atoms with Crippen molar-refractivity contribution in [1.82, 2.24) is 15.1 Å².